The highest BCUT2D eigenvalue weighted by Gasteiger charge is 2.48. The van der Waals surface area contributed by atoms with E-state index in [4.69, 9.17) is 0 Å². The predicted molar refractivity (Wildman–Crippen MR) is 99.5 cm³/mol. The van der Waals surface area contributed by atoms with Crippen LogP contribution < -0.4 is 4.72 Å². The summed E-state index contributed by atoms with van der Waals surface area (Å²) in [5, 5.41) is 0. The summed E-state index contributed by atoms with van der Waals surface area (Å²) in [6, 6.07) is 12.0. The molecule has 2 aliphatic rings. The fraction of sp³-hybridized carbons (Fsp3) is 0.350. The van der Waals surface area contributed by atoms with E-state index in [1.807, 2.05) is 0 Å². The number of carbonyl (C=O) groups excluding carboxylic acids is 1. The molecule has 2 aromatic rings. The second-order valence-corrected chi connectivity index (χ2v) is 9.18. The lowest BCUT2D eigenvalue weighted by molar-refractivity contribution is -0.137. The monoisotopic (exact) mass is 424 g/mol. The SMILES string of the molecule is O=C(c1cccc(C(F)(F)F)c1)N1C[C@@H]2C[C@H]1C[C@@H]2NS(=O)(=O)c1ccccc1. The van der Waals surface area contributed by atoms with Gasteiger partial charge < -0.3 is 4.90 Å². The van der Waals surface area contributed by atoms with Crippen molar-refractivity contribution in [3.05, 3.63) is 65.7 Å². The zero-order chi connectivity index (χ0) is 20.8. The Hall–Kier alpha value is -2.39. The lowest BCUT2D eigenvalue weighted by Gasteiger charge is -2.32. The molecule has 0 unspecified atom stereocenters. The Balaban J connectivity index is 1.45. The summed E-state index contributed by atoms with van der Waals surface area (Å²) in [6.45, 7) is 0.321. The zero-order valence-corrected chi connectivity index (χ0v) is 16.1. The van der Waals surface area contributed by atoms with Gasteiger partial charge in [0.15, 0.2) is 0 Å². The number of halogens is 3. The molecule has 2 bridgehead atoms. The molecule has 9 heteroatoms. The second kappa shape index (κ2) is 7.14. The van der Waals surface area contributed by atoms with Gasteiger partial charge in [-0.05, 0) is 49.1 Å². The summed E-state index contributed by atoms with van der Waals surface area (Å²) in [4.78, 5) is 14.5. The molecule has 1 aliphatic carbocycles. The van der Waals surface area contributed by atoms with Crippen LogP contribution in [0.4, 0.5) is 13.2 Å². The van der Waals surface area contributed by atoms with Gasteiger partial charge in [0.25, 0.3) is 5.91 Å². The summed E-state index contributed by atoms with van der Waals surface area (Å²) in [5.41, 5.74) is -0.866. The Labute approximate surface area is 166 Å². The summed E-state index contributed by atoms with van der Waals surface area (Å²) >= 11 is 0. The van der Waals surface area contributed by atoms with Crippen molar-refractivity contribution in [1.82, 2.24) is 9.62 Å². The van der Waals surface area contributed by atoms with Gasteiger partial charge in [0, 0.05) is 24.2 Å². The second-order valence-electron chi connectivity index (χ2n) is 7.46. The van der Waals surface area contributed by atoms with E-state index in [1.54, 1.807) is 23.1 Å². The fourth-order valence-electron chi connectivity index (χ4n) is 4.21. The maximum Gasteiger partial charge on any atom is 0.416 e. The third-order valence-electron chi connectivity index (χ3n) is 5.60. The number of carbonyl (C=O) groups is 1. The Kier molecular flexibility index (Phi) is 4.90. The van der Waals surface area contributed by atoms with Crippen LogP contribution in [0.2, 0.25) is 0 Å². The van der Waals surface area contributed by atoms with E-state index in [0.29, 0.717) is 19.4 Å². The molecular formula is C20H19F3N2O3S. The molecule has 0 radical (unpaired) electrons. The van der Waals surface area contributed by atoms with Gasteiger partial charge in [-0.2, -0.15) is 13.2 Å². The first-order valence-corrected chi connectivity index (χ1v) is 10.7. The molecule has 1 heterocycles. The molecule has 1 amide bonds. The minimum absolute atomic E-state index is 0.00575. The van der Waals surface area contributed by atoms with Gasteiger partial charge in [-0.15, -0.1) is 0 Å². The maximum absolute atomic E-state index is 12.9. The van der Waals surface area contributed by atoms with Crippen molar-refractivity contribution < 1.29 is 26.4 Å². The van der Waals surface area contributed by atoms with Crippen molar-refractivity contribution in [2.24, 2.45) is 5.92 Å². The number of rotatable bonds is 4. The smallest absolute Gasteiger partial charge is 0.335 e. The van der Waals surface area contributed by atoms with Gasteiger partial charge in [0.2, 0.25) is 10.0 Å². The van der Waals surface area contributed by atoms with Crippen LogP contribution in [0.15, 0.2) is 59.5 Å². The highest BCUT2D eigenvalue weighted by Crippen LogP contribution is 2.39. The number of hydrogen-bond donors (Lipinski definition) is 1. The van der Waals surface area contributed by atoms with Crippen LogP contribution in [0.3, 0.4) is 0 Å². The summed E-state index contributed by atoms with van der Waals surface area (Å²) in [6.07, 6.45) is -3.44. The van der Waals surface area contributed by atoms with E-state index in [1.165, 1.54) is 24.3 Å². The highest BCUT2D eigenvalue weighted by atomic mass is 32.2. The normalized spacial score (nSPS) is 24.1. The molecule has 4 rings (SSSR count). The van der Waals surface area contributed by atoms with Gasteiger partial charge in [-0.3, -0.25) is 4.79 Å². The Bertz CT molecular complexity index is 1020. The van der Waals surface area contributed by atoms with Crippen LogP contribution in [0.25, 0.3) is 0 Å². The fourth-order valence-corrected chi connectivity index (χ4v) is 5.55. The average Bonchev–Trinajstić information content (AvgIpc) is 3.27. The van der Waals surface area contributed by atoms with E-state index in [9.17, 15) is 26.4 Å². The molecule has 1 saturated heterocycles. The predicted octanol–water partition coefficient (Wildman–Crippen LogP) is 3.29. The van der Waals surface area contributed by atoms with E-state index < -0.39 is 27.7 Å². The van der Waals surface area contributed by atoms with E-state index >= 15 is 0 Å². The standard InChI is InChI=1S/C20H19F3N2O3S/c21-20(22,23)15-6-4-5-13(9-15)19(26)25-12-14-10-16(25)11-18(14)24-29(27,28)17-7-2-1-3-8-17/h1-9,14,16,18,24H,10-12H2/t14-,16-,18-/m0/s1. The van der Waals surface area contributed by atoms with Crippen molar-refractivity contribution in [2.75, 3.05) is 6.54 Å². The lowest BCUT2D eigenvalue weighted by atomic mass is 10.0. The third kappa shape index (κ3) is 3.89. The number of amides is 1. The van der Waals surface area contributed by atoms with Gasteiger partial charge in [-0.1, -0.05) is 24.3 Å². The molecule has 1 saturated carbocycles. The number of hydrogen-bond acceptors (Lipinski definition) is 3. The Morgan fingerprint density at radius 3 is 2.38 bits per heavy atom. The molecule has 154 valence electrons. The Morgan fingerprint density at radius 2 is 1.76 bits per heavy atom. The molecule has 3 atom stereocenters. The van der Waals surface area contributed by atoms with Crippen LogP contribution >= 0.6 is 0 Å². The van der Waals surface area contributed by atoms with Crippen molar-refractivity contribution in [3.8, 4) is 0 Å². The molecule has 29 heavy (non-hydrogen) atoms. The molecule has 2 aromatic carbocycles. The van der Waals surface area contributed by atoms with Crippen LogP contribution in [0.5, 0.6) is 0 Å². The number of sulfonamides is 1. The number of likely N-dealkylation sites (tertiary alicyclic amines) is 1. The summed E-state index contributed by atoms with van der Waals surface area (Å²) < 4.78 is 66.5. The molecule has 2 fully saturated rings. The van der Waals surface area contributed by atoms with Crippen molar-refractivity contribution in [2.45, 2.75) is 36.0 Å². The molecule has 1 aliphatic heterocycles. The number of benzene rings is 2. The summed E-state index contributed by atoms with van der Waals surface area (Å²) in [7, 11) is -3.66. The van der Waals surface area contributed by atoms with Crippen molar-refractivity contribution in [1.29, 1.82) is 0 Å². The van der Waals surface area contributed by atoms with E-state index in [0.717, 1.165) is 12.1 Å². The quantitative estimate of drug-likeness (QED) is 0.819. The topological polar surface area (TPSA) is 66.5 Å². The minimum atomic E-state index is -4.51. The molecule has 5 nitrogen and oxygen atoms in total. The number of fused-ring (bicyclic) bond motifs is 2. The van der Waals surface area contributed by atoms with Crippen LogP contribution in [-0.2, 0) is 16.2 Å². The first-order chi connectivity index (χ1) is 13.6. The molecule has 1 N–H and O–H groups in total. The molecule has 0 aromatic heterocycles. The molecule has 0 spiro atoms. The van der Waals surface area contributed by atoms with Crippen LogP contribution in [0, 0.1) is 5.92 Å². The van der Waals surface area contributed by atoms with Gasteiger partial charge in [0.1, 0.15) is 0 Å². The third-order valence-corrected chi connectivity index (χ3v) is 7.11. The highest BCUT2D eigenvalue weighted by molar-refractivity contribution is 7.89. The Morgan fingerprint density at radius 1 is 1.03 bits per heavy atom. The average molecular weight is 424 g/mol. The van der Waals surface area contributed by atoms with E-state index in [2.05, 4.69) is 4.72 Å². The number of nitrogens with zero attached hydrogens (tertiary/aromatic N) is 1. The lowest BCUT2D eigenvalue weighted by Crippen LogP contribution is -2.47. The number of alkyl halides is 3. The maximum atomic E-state index is 12.9. The first-order valence-electron chi connectivity index (χ1n) is 9.21. The van der Waals surface area contributed by atoms with Gasteiger partial charge in [0.05, 0.1) is 10.5 Å². The van der Waals surface area contributed by atoms with Gasteiger partial charge in [-0.25, -0.2) is 13.1 Å². The van der Waals surface area contributed by atoms with Crippen molar-refractivity contribution >= 4 is 15.9 Å². The largest absolute Gasteiger partial charge is 0.416 e. The first kappa shape index (κ1) is 19.9. The van der Waals surface area contributed by atoms with Crippen molar-refractivity contribution in [3.63, 3.8) is 0 Å². The number of piperidine rings is 1. The van der Waals surface area contributed by atoms with Crippen LogP contribution in [0.1, 0.15) is 28.8 Å². The zero-order valence-electron chi connectivity index (χ0n) is 15.3. The van der Waals surface area contributed by atoms with Crippen LogP contribution in [-0.4, -0.2) is 37.9 Å². The minimum Gasteiger partial charge on any atom is -0.335 e. The summed E-state index contributed by atoms with van der Waals surface area (Å²) in [5.74, 6) is -0.513. The van der Waals surface area contributed by atoms with Gasteiger partial charge >= 0.3 is 6.18 Å². The molecular weight excluding hydrogens is 405 g/mol. The van der Waals surface area contributed by atoms with E-state index in [-0.39, 0.29) is 28.5 Å². The number of nitrogens with one attached hydrogen (secondary N) is 1.